The summed E-state index contributed by atoms with van der Waals surface area (Å²) in [6.07, 6.45) is 0.724. The van der Waals surface area contributed by atoms with Gasteiger partial charge in [-0.1, -0.05) is 10.8 Å². The molecule has 212 valence electrons. The first-order chi connectivity index (χ1) is 19.4. The van der Waals surface area contributed by atoms with Gasteiger partial charge in [-0.2, -0.15) is 22.6 Å². The summed E-state index contributed by atoms with van der Waals surface area (Å²) < 4.78 is 85.0. The minimum absolute atomic E-state index is 0.00416. The summed E-state index contributed by atoms with van der Waals surface area (Å²) in [5.41, 5.74) is -0.769. The van der Waals surface area contributed by atoms with Gasteiger partial charge in [-0.25, -0.2) is 17.5 Å². The second-order valence-corrected chi connectivity index (χ2v) is 11.8. The maximum Gasteiger partial charge on any atom is 0.416 e. The van der Waals surface area contributed by atoms with Crippen LogP contribution in [0, 0.1) is 11.2 Å². The molecule has 2 aliphatic rings. The molecule has 1 saturated heterocycles. The summed E-state index contributed by atoms with van der Waals surface area (Å²) in [7, 11) is -2.68. The third-order valence-corrected chi connectivity index (χ3v) is 9.10. The zero-order chi connectivity index (χ0) is 29.2. The second kappa shape index (κ2) is 9.41. The van der Waals surface area contributed by atoms with Gasteiger partial charge in [0.1, 0.15) is 11.5 Å². The molecule has 0 bridgehead atoms. The van der Waals surface area contributed by atoms with Crippen LogP contribution in [0.5, 0.6) is 0 Å². The second-order valence-electron chi connectivity index (χ2n) is 9.95. The molecule has 0 amide bonds. The molecule has 6 rings (SSSR count). The molecule has 1 fully saturated rings. The molecule has 1 aliphatic carbocycles. The van der Waals surface area contributed by atoms with Crippen LogP contribution < -0.4 is 0 Å². The molecule has 0 saturated carbocycles. The Bertz CT molecular complexity index is 1810. The van der Waals surface area contributed by atoms with E-state index in [0.717, 1.165) is 16.6 Å². The quantitative estimate of drug-likeness (QED) is 0.259. The van der Waals surface area contributed by atoms with E-state index in [2.05, 4.69) is 20.4 Å². The number of fused-ring (bicyclic) bond motifs is 2. The number of carbonyl (C=O) groups is 1. The predicted molar refractivity (Wildman–Crippen MR) is 136 cm³/mol. The highest BCUT2D eigenvalue weighted by Crippen LogP contribution is 2.47. The number of piperidine rings is 1. The van der Waals surface area contributed by atoms with E-state index in [0.29, 0.717) is 28.6 Å². The van der Waals surface area contributed by atoms with Gasteiger partial charge in [-0.15, -0.1) is 5.10 Å². The topological polar surface area (TPSA) is 116 Å². The summed E-state index contributed by atoms with van der Waals surface area (Å²) in [6.45, 7) is -0.356. The highest BCUT2D eigenvalue weighted by Gasteiger charge is 2.52. The van der Waals surface area contributed by atoms with Gasteiger partial charge in [0.25, 0.3) is 10.0 Å². The molecule has 1 atom stereocenters. The van der Waals surface area contributed by atoms with Crippen molar-refractivity contribution in [2.24, 2.45) is 12.5 Å². The number of hydrogen-bond donors (Lipinski definition) is 0. The van der Waals surface area contributed by atoms with Crippen LogP contribution in [0.3, 0.4) is 0 Å². The largest absolute Gasteiger partial charge is 0.416 e. The Morgan fingerprint density at radius 1 is 1.12 bits per heavy atom. The Morgan fingerprint density at radius 3 is 2.56 bits per heavy atom. The van der Waals surface area contributed by atoms with Crippen LogP contribution >= 0.6 is 0 Å². The lowest BCUT2D eigenvalue weighted by molar-refractivity contribution is -0.137. The van der Waals surface area contributed by atoms with Crippen LogP contribution in [0.25, 0.3) is 11.8 Å². The molecule has 10 nitrogen and oxygen atoms in total. The van der Waals surface area contributed by atoms with E-state index in [1.807, 2.05) is 0 Å². The van der Waals surface area contributed by atoms with Crippen molar-refractivity contribution in [1.82, 2.24) is 34.1 Å². The van der Waals surface area contributed by atoms with Crippen LogP contribution in [0.2, 0.25) is 0 Å². The fraction of sp³-hybridized carbons (Fsp3) is 0.269. The van der Waals surface area contributed by atoms with Gasteiger partial charge in [-0.3, -0.25) is 14.5 Å². The van der Waals surface area contributed by atoms with Crippen molar-refractivity contribution >= 4 is 21.9 Å². The van der Waals surface area contributed by atoms with Gasteiger partial charge in [0, 0.05) is 26.3 Å². The lowest BCUT2D eigenvalue weighted by Crippen LogP contribution is -2.53. The molecule has 0 radical (unpaired) electrons. The van der Waals surface area contributed by atoms with Crippen molar-refractivity contribution < 1.29 is 30.8 Å². The van der Waals surface area contributed by atoms with Gasteiger partial charge in [0.15, 0.2) is 5.78 Å². The monoisotopic (exact) mass is 587 g/mol. The van der Waals surface area contributed by atoms with Gasteiger partial charge >= 0.3 is 6.18 Å². The number of ketones is 1. The molecule has 4 heterocycles. The third-order valence-electron chi connectivity index (χ3n) is 7.39. The molecule has 3 aromatic heterocycles. The smallest absolute Gasteiger partial charge is 0.291 e. The van der Waals surface area contributed by atoms with E-state index >= 15 is 0 Å². The van der Waals surface area contributed by atoms with E-state index in [9.17, 15) is 30.8 Å². The number of hydrogen-bond acceptors (Lipinski definition) is 7. The number of Topliss-reactive ketones (excluding diaryl/α,β-unsaturated/α-hetero) is 1. The van der Waals surface area contributed by atoms with Crippen LogP contribution in [0.15, 0.2) is 65.6 Å². The van der Waals surface area contributed by atoms with Crippen molar-refractivity contribution in [3.63, 3.8) is 0 Å². The maximum atomic E-state index is 14.2. The minimum atomic E-state index is -4.71. The van der Waals surface area contributed by atoms with Gasteiger partial charge in [-0.05, 0) is 60.9 Å². The summed E-state index contributed by atoms with van der Waals surface area (Å²) in [6, 6.07) is 7.09. The fourth-order valence-electron chi connectivity index (χ4n) is 5.36. The highest BCUT2D eigenvalue weighted by atomic mass is 32.2. The van der Waals surface area contributed by atoms with Crippen LogP contribution in [0.1, 0.15) is 33.7 Å². The summed E-state index contributed by atoms with van der Waals surface area (Å²) in [4.78, 5) is 18.1. The van der Waals surface area contributed by atoms with Gasteiger partial charge < -0.3 is 0 Å². The molecule has 1 aliphatic heterocycles. The number of aromatic nitrogens is 6. The highest BCUT2D eigenvalue weighted by molar-refractivity contribution is 7.89. The lowest BCUT2D eigenvalue weighted by atomic mass is 9.65. The normalized spacial score (nSPS) is 19.4. The first-order valence-corrected chi connectivity index (χ1v) is 13.8. The summed E-state index contributed by atoms with van der Waals surface area (Å²) in [5, 5.41) is 11.5. The van der Waals surface area contributed by atoms with E-state index in [4.69, 9.17) is 0 Å². The number of halogens is 4. The molecule has 1 aromatic carbocycles. The average molecular weight is 588 g/mol. The predicted octanol–water partition coefficient (Wildman–Crippen LogP) is 3.46. The maximum absolute atomic E-state index is 14.2. The van der Waals surface area contributed by atoms with Crippen molar-refractivity contribution in [2.75, 3.05) is 13.1 Å². The molecule has 41 heavy (non-hydrogen) atoms. The van der Waals surface area contributed by atoms with E-state index < -0.39 is 44.5 Å². The van der Waals surface area contributed by atoms with Crippen LogP contribution in [-0.2, 0) is 29.7 Å². The van der Waals surface area contributed by atoms with E-state index in [1.165, 1.54) is 48.4 Å². The lowest BCUT2D eigenvalue weighted by Gasteiger charge is -2.44. The van der Waals surface area contributed by atoms with E-state index in [1.54, 1.807) is 10.8 Å². The molecule has 0 spiro atoms. The molecule has 1 unspecified atom stereocenters. The van der Waals surface area contributed by atoms with Crippen LogP contribution in [0.4, 0.5) is 17.6 Å². The molecular formula is C26H21F4N7O3S. The number of alkyl halides is 3. The standard InChI is InChI=1S/C26H21F4N7O3S/c1-35-14-23(33-34-35)41(39,40)36-9-7-17-11-22-16(13-32-37(22)20-4-2-19(27)3-5-20)12-25(17,15-36)24(38)21-10-18(6-8-31-21)26(28,29)30/h2-6,8,10-11,13-14H,7,9,12,15H2,1H3. The van der Waals surface area contributed by atoms with E-state index in [-0.39, 0.29) is 31.0 Å². The Morgan fingerprint density at radius 2 is 1.88 bits per heavy atom. The van der Waals surface area contributed by atoms with Crippen LogP contribution in [-0.4, -0.2) is 61.4 Å². The molecule has 15 heteroatoms. The Kier molecular flexibility index (Phi) is 6.19. The Labute approximate surface area is 231 Å². The molecular weight excluding hydrogens is 566 g/mol. The Balaban J connectivity index is 1.47. The number of aryl methyl sites for hydroxylation is 1. The van der Waals surface area contributed by atoms with Crippen molar-refractivity contribution in [2.45, 2.75) is 24.0 Å². The number of nitrogens with zero attached hydrogens (tertiary/aromatic N) is 7. The number of pyridine rings is 1. The van der Waals surface area contributed by atoms with Crippen molar-refractivity contribution in [3.8, 4) is 5.69 Å². The summed E-state index contributed by atoms with van der Waals surface area (Å²) in [5.74, 6) is -1.17. The minimum Gasteiger partial charge on any atom is -0.291 e. The van der Waals surface area contributed by atoms with Gasteiger partial charge in [0.05, 0.1) is 34.8 Å². The van der Waals surface area contributed by atoms with Crippen molar-refractivity contribution in [3.05, 3.63) is 88.9 Å². The number of sulfonamides is 1. The molecule has 0 N–H and O–H groups in total. The first kappa shape index (κ1) is 27.0. The third kappa shape index (κ3) is 4.54. The zero-order valence-corrected chi connectivity index (χ0v) is 22.2. The zero-order valence-electron chi connectivity index (χ0n) is 21.4. The first-order valence-electron chi connectivity index (χ1n) is 12.4. The average Bonchev–Trinajstić information content (AvgIpc) is 3.57. The number of benzene rings is 1. The SMILES string of the molecule is Cn1cc(S(=O)(=O)N2CCC3=Cc4c(cnn4-c4ccc(F)cc4)CC3(C(=O)c3cc(C(F)(F)F)ccn3)C2)nn1. The number of rotatable bonds is 5. The molecule has 4 aromatic rings. The van der Waals surface area contributed by atoms with Gasteiger partial charge in [0.2, 0.25) is 5.03 Å². The Hall–Kier alpha value is -4.24. The van der Waals surface area contributed by atoms with Crippen molar-refractivity contribution in [1.29, 1.82) is 0 Å². The summed E-state index contributed by atoms with van der Waals surface area (Å²) >= 11 is 0. The fourth-order valence-corrected chi connectivity index (χ4v) is 6.77. The number of carbonyl (C=O) groups excluding carboxylic acids is 1.